The molecular weight excluding hydrogens is 370 g/mol. The van der Waals surface area contributed by atoms with Crippen molar-refractivity contribution >= 4 is 25.7 Å². The standard InChI is InChI=1S/C14H21N3O6S2/c1-2-3-12-24(20,21)15-8-10-16(11-9-15)25(22,23)14-6-4-13(5-7-14)17(18)19/h4-7H,2-3,8-12H2,1H3. The van der Waals surface area contributed by atoms with E-state index >= 15 is 0 Å². The molecule has 2 rings (SSSR count). The van der Waals surface area contributed by atoms with Crippen molar-refractivity contribution in [2.24, 2.45) is 0 Å². The first-order valence-corrected chi connectivity index (χ1v) is 11.0. The van der Waals surface area contributed by atoms with Crippen molar-refractivity contribution in [3.05, 3.63) is 34.4 Å². The number of nitrogens with zero attached hydrogens (tertiary/aromatic N) is 3. The second-order valence-electron chi connectivity index (χ2n) is 5.72. The highest BCUT2D eigenvalue weighted by molar-refractivity contribution is 7.89. The van der Waals surface area contributed by atoms with Gasteiger partial charge in [-0.3, -0.25) is 10.1 Å². The molecule has 1 aromatic carbocycles. The first-order chi connectivity index (χ1) is 11.7. The van der Waals surface area contributed by atoms with E-state index in [1.54, 1.807) is 0 Å². The molecule has 25 heavy (non-hydrogen) atoms. The van der Waals surface area contributed by atoms with Crippen molar-refractivity contribution in [1.29, 1.82) is 0 Å². The molecule has 1 heterocycles. The largest absolute Gasteiger partial charge is 0.269 e. The van der Waals surface area contributed by atoms with Crippen LogP contribution in [0.3, 0.4) is 0 Å². The molecule has 0 N–H and O–H groups in total. The number of rotatable bonds is 7. The Morgan fingerprint density at radius 1 is 1.00 bits per heavy atom. The molecule has 0 radical (unpaired) electrons. The zero-order chi connectivity index (χ0) is 18.7. The molecule has 0 aliphatic carbocycles. The SMILES string of the molecule is CCCCS(=O)(=O)N1CCN(S(=O)(=O)c2ccc([N+](=O)[O-])cc2)CC1. The summed E-state index contributed by atoms with van der Waals surface area (Å²) in [7, 11) is -7.16. The first-order valence-electron chi connectivity index (χ1n) is 7.91. The summed E-state index contributed by atoms with van der Waals surface area (Å²) in [5.41, 5.74) is -0.189. The Kier molecular flexibility index (Phi) is 6.14. The van der Waals surface area contributed by atoms with Crippen LogP contribution in [-0.4, -0.2) is 62.3 Å². The lowest BCUT2D eigenvalue weighted by Crippen LogP contribution is -2.50. The molecule has 1 aliphatic heterocycles. The fraction of sp³-hybridized carbons (Fsp3) is 0.571. The minimum Gasteiger partial charge on any atom is -0.258 e. The topological polar surface area (TPSA) is 118 Å². The molecule has 1 saturated heterocycles. The van der Waals surface area contributed by atoms with Gasteiger partial charge >= 0.3 is 0 Å². The Labute approximate surface area is 147 Å². The maximum absolute atomic E-state index is 12.6. The lowest BCUT2D eigenvalue weighted by Gasteiger charge is -2.33. The molecule has 0 saturated carbocycles. The van der Waals surface area contributed by atoms with Crippen LogP contribution >= 0.6 is 0 Å². The monoisotopic (exact) mass is 391 g/mol. The van der Waals surface area contributed by atoms with Gasteiger partial charge in [-0.05, 0) is 18.6 Å². The Balaban J connectivity index is 2.07. The van der Waals surface area contributed by atoms with Crippen LogP contribution in [0.2, 0.25) is 0 Å². The van der Waals surface area contributed by atoms with Gasteiger partial charge in [0.2, 0.25) is 20.0 Å². The molecule has 0 aromatic heterocycles. The zero-order valence-electron chi connectivity index (χ0n) is 13.9. The van der Waals surface area contributed by atoms with Gasteiger partial charge in [-0.1, -0.05) is 13.3 Å². The van der Waals surface area contributed by atoms with Crippen molar-refractivity contribution < 1.29 is 21.8 Å². The molecule has 0 spiro atoms. The van der Waals surface area contributed by atoms with E-state index in [1.165, 1.54) is 20.7 Å². The van der Waals surface area contributed by atoms with Gasteiger partial charge in [0.05, 0.1) is 15.6 Å². The maximum Gasteiger partial charge on any atom is 0.269 e. The van der Waals surface area contributed by atoms with Crippen LogP contribution in [0.25, 0.3) is 0 Å². The molecular formula is C14H21N3O6S2. The smallest absolute Gasteiger partial charge is 0.258 e. The maximum atomic E-state index is 12.6. The first kappa shape index (κ1) is 19.8. The number of hydrogen-bond acceptors (Lipinski definition) is 6. The number of hydrogen-bond donors (Lipinski definition) is 0. The molecule has 9 nitrogen and oxygen atoms in total. The van der Waals surface area contributed by atoms with Crippen LogP contribution in [0.5, 0.6) is 0 Å². The summed E-state index contributed by atoms with van der Waals surface area (Å²) < 4.78 is 52.0. The van der Waals surface area contributed by atoms with Crippen LogP contribution in [0.15, 0.2) is 29.2 Å². The average molecular weight is 391 g/mol. The summed E-state index contributed by atoms with van der Waals surface area (Å²) in [4.78, 5) is 10.0. The third-order valence-electron chi connectivity index (χ3n) is 4.03. The quantitative estimate of drug-likeness (QED) is 0.506. The second-order valence-corrected chi connectivity index (χ2v) is 9.75. The number of piperazine rings is 1. The zero-order valence-corrected chi connectivity index (χ0v) is 15.5. The predicted octanol–water partition coefficient (Wildman–Crippen LogP) is 1.03. The highest BCUT2D eigenvalue weighted by Crippen LogP contribution is 2.21. The van der Waals surface area contributed by atoms with E-state index in [9.17, 15) is 26.9 Å². The molecule has 140 valence electrons. The van der Waals surface area contributed by atoms with Gasteiger partial charge in [0.15, 0.2) is 0 Å². The Morgan fingerprint density at radius 2 is 1.52 bits per heavy atom. The lowest BCUT2D eigenvalue weighted by atomic mass is 10.3. The van der Waals surface area contributed by atoms with E-state index < -0.39 is 25.0 Å². The van der Waals surface area contributed by atoms with Crippen LogP contribution in [0, 0.1) is 10.1 Å². The third kappa shape index (κ3) is 4.54. The lowest BCUT2D eigenvalue weighted by molar-refractivity contribution is -0.384. The fourth-order valence-electron chi connectivity index (χ4n) is 2.53. The van der Waals surface area contributed by atoms with E-state index in [0.29, 0.717) is 6.42 Å². The highest BCUT2D eigenvalue weighted by Gasteiger charge is 2.32. The Morgan fingerprint density at radius 3 is 2.00 bits per heavy atom. The minimum absolute atomic E-state index is 0.0413. The molecule has 1 fully saturated rings. The summed E-state index contributed by atoms with van der Waals surface area (Å²) in [5, 5.41) is 10.7. The van der Waals surface area contributed by atoms with Crippen LogP contribution < -0.4 is 0 Å². The van der Waals surface area contributed by atoms with Crippen LogP contribution in [-0.2, 0) is 20.0 Å². The van der Waals surface area contributed by atoms with E-state index in [-0.39, 0.29) is 42.5 Å². The number of sulfonamides is 2. The van der Waals surface area contributed by atoms with Crippen molar-refractivity contribution in [1.82, 2.24) is 8.61 Å². The van der Waals surface area contributed by atoms with Gasteiger partial charge < -0.3 is 0 Å². The van der Waals surface area contributed by atoms with Crippen molar-refractivity contribution in [2.45, 2.75) is 24.7 Å². The van der Waals surface area contributed by atoms with E-state index in [0.717, 1.165) is 18.6 Å². The summed E-state index contributed by atoms with van der Waals surface area (Å²) in [5.74, 6) is 0.0681. The van der Waals surface area contributed by atoms with Gasteiger partial charge in [-0.15, -0.1) is 0 Å². The number of non-ortho nitro benzene ring substituents is 1. The van der Waals surface area contributed by atoms with Gasteiger partial charge in [0.25, 0.3) is 5.69 Å². The minimum atomic E-state index is -3.80. The highest BCUT2D eigenvalue weighted by atomic mass is 32.2. The summed E-state index contributed by atoms with van der Waals surface area (Å²) in [6.07, 6.45) is 1.34. The fourth-order valence-corrected chi connectivity index (χ4v) is 5.59. The van der Waals surface area contributed by atoms with Crippen molar-refractivity contribution in [3.8, 4) is 0 Å². The predicted molar refractivity (Wildman–Crippen MR) is 92.1 cm³/mol. The van der Waals surface area contributed by atoms with Gasteiger partial charge in [0.1, 0.15) is 0 Å². The molecule has 0 atom stereocenters. The Bertz CT molecular complexity index is 813. The van der Waals surface area contributed by atoms with Crippen LogP contribution in [0.4, 0.5) is 5.69 Å². The van der Waals surface area contributed by atoms with Crippen molar-refractivity contribution in [3.63, 3.8) is 0 Å². The molecule has 11 heteroatoms. The van der Waals surface area contributed by atoms with Crippen LogP contribution in [0.1, 0.15) is 19.8 Å². The number of nitro groups is 1. The normalized spacial score (nSPS) is 17.5. The summed E-state index contributed by atoms with van der Waals surface area (Å²) in [6, 6.07) is 4.66. The molecule has 1 aromatic rings. The van der Waals surface area contributed by atoms with Gasteiger partial charge in [-0.2, -0.15) is 8.61 Å². The number of unbranched alkanes of at least 4 members (excludes halogenated alkanes) is 1. The average Bonchev–Trinajstić information content (AvgIpc) is 2.60. The van der Waals surface area contributed by atoms with Crippen molar-refractivity contribution in [2.75, 3.05) is 31.9 Å². The molecule has 0 amide bonds. The van der Waals surface area contributed by atoms with E-state index in [2.05, 4.69) is 0 Å². The van der Waals surface area contributed by atoms with E-state index in [4.69, 9.17) is 0 Å². The third-order valence-corrected chi connectivity index (χ3v) is 7.90. The summed E-state index contributed by atoms with van der Waals surface area (Å²) in [6.45, 7) is 2.25. The molecule has 1 aliphatic rings. The molecule has 0 unspecified atom stereocenters. The summed E-state index contributed by atoms with van der Waals surface area (Å²) >= 11 is 0. The van der Waals surface area contributed by atoms with Gasteiger partial charge in [-0.25, -0.2) is 16.8 Å². The molecule has 0 bridgehead atoms. The number of nitro benzene ring substituents is 1. The van der Waals surface area contributed by atoms with E-state index in [1.807, 2.05) is 6.92 Å². The number of benzene rings is 1. The van der Waals surface area contributed by atoms with Gasteiger partial charge in [0, 0.05) is 38.3 Å². The second kappa shape index (κ2) is 7.77. The Hall–Kier alpha value is -1.56.